The largest absolute Gasteiger partial charge is 0.388 e. The van der Waals surface area contributed by atoms with Gasteiger partial charge in [0.15, 0.2) is 5.43 Å². The summed E-state index contributed by atoms with van der Waals surface area (Å²) in [6.07, 6.45) is 6.30. The monoisotopic (exact) mass is 314 g/mol. The molecule has 1 aromatic carbocycles. The molecule has 0 unspecified atom stereocenters. The van der Waals surface area contributed by atoms with Gasteiger partial charge in [-0.15, -0.1) is 0 Å². The van der Waals surface area contributed by atoms with E-state index in [4.69, 9.17) is 0 Å². The summed E-state index contributed by atoms with van der Waals surface area (Å²) in [6, 6.07) is 8.73. The Labute approximate surface area is 134 Å². The minimum atomic E-state index is -0.764. The average Bonchev–Trinajstić information content (AvgIpc) is 2.57. The summed E-state index contributed by atoms with van der Waals surface area (Å²) in [5.41, 5.74) is -0.0696. The first-order valence-electron chi connectivity index (χ1n) is 8.15. The molecular weight excluding hydrogens is 292 g/mol. The van der Waals surface area contributed by atoms with Crippen molar-refractivity contribution in [2.24, 2.45) is 0 Å². The first kappa shape index (κ1) is 15.7. The molecule has 1 aliphatic rings. The van der Waals surface area contributed by atoms with Crippen LogP contribution in [0.3, 0.4) is 0 Å². The van der Waals surface area contributed by atoms with E-state index in [-0.39, 0.29) is 17.9 Å². The van der Waals surface area contributed by atoms with Crippen LogP contribution in [0.15, 0.2) is 41.3 Å². The molecule has 5 nitrogen and oxygen atoms in total. The van der Waals surface area contributed by atoms with E-state index in [9.17, 15) is 14.7 Å². The van der Waals surface area contributed by atoms with Crippen molar-refractivity contribution in [3.63, 3.8) is 0 Å². The Bertz CT molecular complexity index is 760. The lowest BCUT2D eigenvalue weighted by atomic mass is 9.85. The number of rotatable bonds is 4. The van der Waals surface area contributed by atoms with Crippen molar-refractivity contribution < 1.29 is 9.90 Å². The fraction of sp³-hybridized carbons (Fsp3) is 0.444. The van der Waals surface area contributed by atoms with Crippen LogP contribution >= 0.6 is 0 Å². The molecule has 0 radical (unpaired) electrons. The van der Waals surface area contributed by atoms with Crippen LogP contribution in [0.5, 0.6) is 0 Å². The zero-order valence-corrected chi connectivity index (χ0v) is 13.1. The number of nitrogens with one attached hydrogen (secondary N) is 1. The number of pyridine rings is 1. The van der Waals surface area contributed by atoms with Gasteiger partial charge in [-0.3, -0.25) is 9.59 Å². The summed E-state index contributed by atoms with van der Waals surface area (Å²) in [5, 5.41) is 13.9. The second kappa shape index (κ2) is 6.54. The predicted molar refractivity (Wildman–Crippen MR) is 89.3 cm³/mol. The van der Waals surface area contributed by atoms with Gasteiger partial charge >= 0.3 is 0 Å². The number of hydrogen-bond acceptors (Lipinski definition) is 3. The number of carbonyl (C=O) groups excluding carboxylic acids is 1. The summed E-state index contributed by atoms with van der Waals surface area (Å²) in [7, 11) is 0. The molecule has 1 saturated carbocycles. The summed E-state index contributed by atoms with van der Waals surface area (Å²) >= 11 is 0. The quantitative estimate of drug-likeness (QED) is 0.904. The van der Waals surface area contributed by atoms with Crippen LogP contribution in [0.2, 0.25) is 0 Å². The molecule has 0 atom stereocenters. The lowest BCUT2D eigenvalue weighted by molar-refractivity contribution is -0.123. The molecule has 0 bridgehead atoms. The van der Waals surface area contributed by atoms with Gasteiger partial charge in [0.25, 0.3) is 0 Å². The van der Waals surface area contributed by atoms with Gasteiger partial charge in [0.2, 0.25) is 5.91 Å². The Hall–Kier alpha value is -2.14. The van der Waals surface area contributed by atoms with E-state index >= 15 is 0 Å². The highest BCUT2D eigenvalue weighted by Gasteiger charge is 2.29. The fourth-order valence-corrected chi connectivity index (χ4v) is 3.26. The fourth-order valence-electron chi connectivity index (χ4n) is 3.26. The minimum absolute atomic E-state index is 0.0474. The number of fused-ring (bicyclic) bond motifs is 1. The molecule has 1 amide bonds. The van der Waals surface area contributed by atoms with Crippen LogP contribution in [0.25, 0.3) is 10.9 Å². The third kappa shape index (κ3) is 3.62. The topological polar surface area (TPSA) is 71.3 Å². The second-order valence-corrected chi connectivity index (χ2v) is 6.39. The molecule has 2 N–H and O–H groups in total. The number of hydrogen-bond donors (Lipinski definition) is 2. The van der Waals surface area contributed by atoms with Gasteiger partial charge < -0.3 is 15.0 Å². The standard InChI is InChI=1S/C18H22N2O3/c21-16-8-11-20(15-7-3-2-6-14(15)16)12-17(22)19-13-18(23)9-4-1-5-10-18/h2-3,6-8,11,23H,1,4-5,9-10,12-13H2,(H,19,22). The minimum Gasteiger partial charge on any atom is -0.388 e. The van der Waals surface area contributed by atoms with Crippen molar-refractivity contribution in [1.82, 2.24) is 9.88 Å². The molecule has 1 aromatic heterocycles. The maximum Gasteiger partial charge on any atom is 0.240 e. The van der Waals surface area contributed by atoms with Crippen molar-refractivity contribution in [1.29, 1.82) is 0 Å². The Morgan fingerprint density at radius 2 is 1.91 bits per heavy atom. The van der Waals surface area contributed by atoms with Crippen molar-refractivity contribution >= 4 is 16.8 Å². The zero-order valence-electron chi connectivity index (χ0n) is 13.1. The Balaban J connectivity index is 1.69. The number of nitrogens with zero attached hydrogens (tertiary/aromatic N) is 1. The number of aliphatic hydroxyl groups is 1. The van der Waals surface area contributed by atoms with E-state index in [2.05, 4.69) is 5.32 Å². The molecule has 0 aliphatic heterocycles. The third-order valence-electron chi connectivity index (χ3n) is 4.60. The summed E-state index contributed by atoms with van der Waals surface area (Å²) in [4.78, 5) is 24.0. The Morgan fingerprint density at radius 1 is 1.17 bits per heavy atom. The van der Waals surface area contributed by atoms with Crippen molar-refractivity contribution in [3.8, 4) is 0 Å². The van der Waals surface area contributed by atoms with E-state index in [0.29, 0.717) is 11.9 Å². The van der Waals surface area contributed by atoms with E-state index < -0.39 is 5.60 Å². The van der Waals surface area contributed by atoms with E-state index in [1.165, 1.54) is 6.07 Å². The van der Waals surface area contributed by atoms with Gasteiger partial charge in [-0.25, -0.2) is 0 Å². The molecule has 3 rings (SSSR count). The highest BCUT2D eigenvalue weighted by molar-refractivity contribution is 5.82. The van der Waals surface area contributed by atoms with Crippen LogP contribution in [0.1, 0.15) is 32.1 Å². The Kier molecular flexibility index (Phi) is 4.48. The summed E-state index contributed by atoms with van der Waals surface area (Å²) < 4.78 is 1.76. The zero-order chi connectivity index (χ0) is 16.3. The molecule has 1 fully saturated rings. The molecule has 1 aliphatic carbocycles. The first-order chi connectivity index (χ1) is 11.1. The Morgan fingerprint density at radius 3 is 2.70 bits per heavy atom. The van der Waals surface area contributed by atoms with Crippen LogP contribution in [-0.4, -0.2) is 27.7 Å². The normalized spacial score (nSPS) is 17.1. The molecule has 0 spiro atoms. The van der Waals surface area contributed by atoms with Gasteiger partial charge in [-0.05, 0) is 25.0 Å². The van der Waals surface area contributed by atoms with Crippen molar-refractivity contribution in [2.75, 3.05) is 6.54 Å². The molecule has 23 heavy (non-hydrogen) atoms. The van der Waals surface area contributed by atoms with Crippen molar-refractivity contribution in [2.45, 2.75) is 44.2 Å². The summed E-state index contributed by atoms with van der Waals surface area (Å²) in [6.45, 7) is 0.431. The molecule has 1 heterocycles. The third-order valence-corrected chi connectivity index (χ3v) is 4.60. The van der Waals surface area contributed by atoms with Crippen LogP contribution < -0.4 is 10.7 Å². The van der Waals surface area contributed by atoms with Gasteiger partial charge in [0, 0.05) is 24.2 Å². The second-order valence-electron chi connectivity index (χ2n) is 6.39. The lowest BCUT2D eigenvalue weighted by Gasteiger charge is -2.32. The number of benzene rings is 1. The highest BCUT2D eigenvalue weighted by Crippen LogP contribution is 2.27. The molecule has 5 heteroatoms. The number of carbonyl (C=O) groups is 1. The van der Waals surface area contributed by atoms with E-state index in [0.717, 1.165) is 37.6 Å². The van der Waals surface area contributed by atoms with E-state index in [1.807, 2.05) is 18.2 Å². The number of para-hydroxylation sites is 1. The first-order valence-corrected chi connectivity index (χ1v) is 8.15. The SMILES string of the molecule is O=C(Cn1ccc(=O)c2ccccc21)NCC1(O)CCCCC1. The van der Waals surface area contributed by atoms with Gasteiger partial charge in [-0.2, -0.15) is 0 Å². The smallest absolute Gasteiger partial charge is 0.240 e. The number of aromatic nitrogens is 1. The van der Waals surface area contributed by atoms with Gasteiger partial charge in [-0.1, -0.05) is 31.4 Å². The molecular formula is C18H22N2O3. The van der Waals surface area contributed by atoms with E-state index in [1.54, 1.807) is 16.8 Å². The van der Waals surface area contributed by atoms with Crippen LogP contribution in [0, 0.1) is 0 Å². The average molecular weight is 314 g/mol. The van der Waals surface area contributed by atoms with Crippen LogP contribution in [-0.2, 0) is 11.3 Å². The maximum absolute atomic E-state index is 12.2. The summed E-state index contributed by atoms with van der Waals surface area (Å²) in [5.74, 6) is -0.155. The predicted octanol–water partition coefficient (Wildman–Crippen LogP) is 1.81. The van der Waals surface area contributed by atoms with Crippen LogP contribution in [0.4, 0.5) is 0 Å². The van der Waals surface area contributed by atoms with Gasteiger partial charge in [0.1, 0.15) is 6.54 Å². The lowest BCUT2D eigenvalue weighted by Crippen LogP contribution is -2.45. The molecule has 2 aromatic rings. The van der Waals surface area contributed by atoms with Gasteiger partial charge in [0.05, 0.1) is 11.1 Å². The molecule has 0 saturated heterocycles. The molecule has 122 valence electrons. The highest BCUT2D eigenvalue weighted by atomic mass is 16.3. The maximum atomic E-state index is 12.2. The van der Waals surface area contributed by atoms with Crippen molar-refractivity contribution in [3.05, 3.63) is 46.8 Å². The number of amides is 1.